The second kappa shape index (κ2) is 6.85. The van der Waals surface area contributed by atoms with E-state index in [0.717, 1.165) is 5.37 Å². The van der Waals surface area contributed by atoms with E-state index in [2.05, 4.69) is 4.18 Å². The Kier molecular flexibility index (Phi) is 8.49. The fourth-order valence-electron chi connectivity index (χ4n) is 0.429. The molecule has 0 bridgehead atoms. The van der Waals surface area contributed by atoms with Crippen LogP contribution in [0.3, 0.4) is 0 Å². The summed E-state index contributed by atoms with van der Waals surface area (Å²) in [5, 5.41) is 17.7. The summed E-state index contributed by atoms with van der Waals surface area (Å²) in [5.74, 6) is 0. The predicted molar refractivity (Wildman–Crippen MR) is 39.5 cm³/mol. The summed E-state index contributed by atoms with van der Waals surface area (Å²) in [4.78, 5) is 0. The first-order chi connectivity index (χ1) is 5.02. The maximum absolute atomic E-state index is 10.7. The van der Waals surface area contributed by atoms with Gasteiger partial charge in [-0.25, -0.2) is 0 Å². The third-order valence-electron chi connectivity index (χ3n) is 0.772. The molecule has 0 aromatic carbocycles. The molecule has 2 N–H and O–H groups in total. The number of aliphatic hydroxyl groups is 2. The normalized spacial score (nSPS) is 17.3. The van der Waals surface area contributed by atoms with Gasteiger partial charge in [-0.05, 0) is 11.8 Å². The van der Waals surface area contributed by atoms with E-state index in [1.807, 2.05) is 0 Å². The molecule has 0 aliphatic rings. The smallest absolute Gasteiger partial charge is 0.757 e. The molecule has 0 radical (unpaired) electrons. The van der Waals surface area contributed by atoms with Gasteiger partial charge in [0, 0.05) is 10.1 Å². The molecule has 0 amide bonds. The van der Waals surface area contributed by atoms with E-state index in [1.54, 1.807) is 6.92 Å². The van der Waals surface area contributed by atoms with E-state index < -0.39 is 23.0 Å². The van der Waals surface area contributed by atoms with Gasteiger partial charge in [0.05, 0.1) is 6.61 Å². The summed E-state index contributed by atoms with van der Waals surface area (Å²) in [7, 11) is -3.78. The molecular formula is C5H11CuO5S. The van der Waals surface area contributed by atoms with E-state index in [4.69, 9.17) is 10.2 Å². The largest absolute Gasteiger partial charge is 1.00 e. The van der Waals surface area contributed by atoms with E-state index in [0.29, 0.717) is 6.42 Å². The molecule has 0 saturated heterocycles. The molecule has 2 atom stereocenters. The SMILES string of the molecule is CCC=S(=O)([O-])OC(O)CO.[Cu+]. The summed E-state index contributed by atoms with van der Waals surface area (Å²) in [5.41, 5.74) is 0. The third-order valence-corrected chi connectivity index (χ3v) is 2.00. The van der Waals surface area contributed by atoms with Crippen LogP contribution < -0.4 is 0 Å². The molecule has 12 heavy (non-hydrogen) atoms. The maximum Gasteiger partial charge on any atom is 1.00 e. The van der Waals surface area contributed by atoms with Crippen molar-refractivity contribution in [3.8, 4) is 0 Å². The van der Waals surface area contributed by atoms with Gasteiger partial charge in [-0.2, -0.15) is 0 Å². The van der Waals surface area contributed by atoms with Crippen LogP contribution in [-0.2, 0) is 31.3 Å². The van der Waals surface area contributed by atoms with Crippen LogP contribution in [0.2, 0.25) is 0 Å². The summed E-state index contributed by atoms with van der Waals surface area (Å²) in [6.07, 6.45) is -1.37. The standard InChI is InChI=1S/C5H12O5S.Cu/c1-2-3-11(8,9)10-5(7)4-6;/h3,5-7H,2,4H2,1H3,(H,8,9);/q;+1/p-1. The molecule has 0 aromatic heterocycles. The Bertz CT molecular complexity index is 210. The van der Waals surface area contributed by atoms with Gasteiger partial charge in [0.15, 0.2) is 6.29 Å². The van der Waals surface area contributed by atoms with Crippen molar-refractivity contribution in [2.24, 2.45) is 0 Å². The number of hydrogen-bond donors (Lipinski definition) is 2. The average Bonchev–Trinajstić information content (AvgIpc) is 1.86. The Morgan fingerprint density at radius 2 is 2.25 bits per heavy atom. The predicted octanol–water partition coefficient (Wildman–Crippen LogP) is -1.15. The molecular weight excluding hydrogens is 236 g/mol. The maximum atomic E-state index is 10.7. The molecule has 0 aliphatic heterocycles. The second-order valence-corrected chi connectivity index (χ2v) is 3.31. The minimum absolute atomic E-state index is 0. The van der Waals surface area contributed by atoms with Crippen molar-refractivity contribution in [2.45, 2.75) is 19.6 Å². The molecule has 0 spiro atoms. The van der Waals surface area contributed by atoms with Gasteiger partial charge in [-0.1, -0.05) is 6.92 Å². The Balaban J connectivity index is 0. The first kappa shape index (κ1) is 14.9. The van der Waals surface area contributed by atoms with E-state index in [1.165, 1.54) is 0 Å². The minimum atomic E-state index is -3.78. The fourth-order valence-corrected chi connectivity index (χ4v) is 1.29. The molecule has 0 saturated carbocycles. The van der Waals surface area contributed by atoms with Gasteiger partial charge in [-0.15, -0.1) is 0 Å². The fraction of sp³-hybridized carbons (Fsp3) is 0.800. The van der Waals surface area contributed by atoms with Gasteiger partial charge in [0.25, 0.3) is 0 Å². The third kappa shape index (κ3) is 7.05. The van der Waals surface area contributed by atoms with E-state index >= 15 is 0 Å². The Labute approximate surface area is 82.3 Å². The molecule has 2 unspecified atom stereocenters. The zero-order valence-electron chi connectivity index (χ0n) is 6.40. The zero-order chi connectivity index (χ0) is 8.91. The Morgan fingerprint density at radius 3 is 2.58 bits per heavy atom. The van der Waals surface area contributed by atoms with Crippen LogP contribution in [0.15, 0.2) is 0 Å². The van der Waals surface area contributed by atoms with Crippen LogP contribution in [0.25, 0.3) is 0 Å². The molecule has 0 rings (SSSR count). The molecule has 0 fully saturated rings. The minimum Gasteiger partial charge on any atom is -0.757 e. The van der Waals surface area contributed by atoms with Crippen molar-refractivity contribution in [3.05, 3.63) is 0 Å². The van der Waals surface area contributed by atoms with Crippen LogP contribution >= 0.6 is 0 Å². The Hall–Kier alpha value is 0.379. The second-order valence-electron chi connectivity index (χ2n) is 1.80. The van der Waals surface area contributed by atoms with Crippen LogP contribution in [0.1, 0.15) is 13.3 Å². The Morgan fingerprint density at radius 1 is 1.75 bits per heavy atom. The van der Waals surface area contributed by atoms with Crippen LogP contribution in [0.4, 0.5) is 0 Å². The van der Waals surface area contributed by atoms with E-state index in [-0.39, 0.29) is 17.1 Å². The van der Waals surface area contributed by atoms with Gasteiger partial charge in [-0.3, -0.25) is 8.39 Å². The first-order valence-corrected chi connectivity index (χ1v) is 4.54. The molecule has 0 aromatic rings. The molecule has 0 aliphatic carbocycles. The average molecular weight is 247 g/mol. The van der Waals surface area contributed by atoms with Gasteiger partial charge in [0.1, 0.15) is 0 Å². The van der Waals surface area contributed by atoms with Crippen molar-refractivity contribution in [3.63, 3.8) is 0 Å². The van der Waals surface area contributed by atoms with Crippen molar-refractivity contribution in [1.29, 1.82) is 0 Å². The molecule has 7 heteroatoms. The topological polar surface area (TPSA) is 89.8 Å². The van der Waals surface area contributed by atoms with Crippen LogP contribution in [0, 0.1) is 0 Å². The summed E-state index contributed by atoms with van der Waals surface area (Å²) in [6.45, 7) is 0.878. The van der Waals surface area contributed by atoms with Gasteiger partial charge in [0.2, 0.25) is 0 Å². The summed E-state index contributed by atoms with van der Waals surface area (Å²) >= 11 is 0. The van der Waals surface area contributed by atoms with Crippen molar-refractivity contribution >= 4 is 15.5 Å². The molecule has 78 valence electrons. The first-order valence-electron chi connectivity index (χ1n) is 3.07. The quantitative estimate of drug-likeness (QED) is 0.372. The number of aliphatic hydroxyl groups excluding tert-OH is 2. The van der Waals surface area contributed by atoms with Crippen molar-refractivity contribution in [2.75, 3.05) is 6.61 Å². The van der Waals surface area contributed by atoms with Crippen molar-refractivity contribution in [1.82, 2.24) is 0 Å². The summed E-state index contributed by atoms with van der Waals surface area (Å²) < 4.78 is 25.4. The van der Waals surface area contributed by atoms with Crippen molar-refractivity contribution < 1.29 is 40.2 Å². The van der Waals surface area contributed by atoms with Gasteiger partial charge < -0.3 is 14.8 Å². The zero-order valence-corrected chi connectivity index (χ0v) is 8.16. The van der Waals surface area contributed by atoms with Crippen LogP contribution in [0.5, 0.6) is 0 Å². The molecule has 5 nitrogen and oxygen atoms in total. The molecule has 0 heterocycles. The number of rotatable bonds is 4. The monoisotopic (exact) mass is 246 g/mol. The van der Waals surface area contributed by atoms with Gasteiger partial charge >= 0.3 is 17.1 Å². The summed E-state index contributed by atoms with van der Waals surface area (Å²) in [6, 6.07) is 0. The van der Waals surface area contributed by atoms with Crippen LogP contribution in [-0.4, -0.2) is 37.2 Å². The number of hydrogen-bond acceptors (Lipinski definition) is 5. The van der Waals surface area contributed by atoms with E-state index in [9.17, 15) is 8.76 Å².